The molecule has 1 saturated heterocycles. The van der Waals surface area contributed by atoms with Crippen LogP contribution in [0, 0.1) is 0 Å². The summed E-state index contributed by atoms with van der Waals surface area (Å²) in [4.78, 5) is 11.4. The molecule has 5 heteroatoms. The summed E-state index contributed by atoms with van der Waals surface area (Å²) in [6.07, 6.45) is 4.87. The van der Waals surface area contributed by atoms with Gasteiger partial charge in [-0.3, -0.25) is 0 Å². The van der Waals surface area contributed by atoms with Crippen LogP contribution in [0.5, 0.6) is 0 Å². The Morgan fingerprint density at radius 3 is 2.63 bits per heavy atom. The van der Waals surface area contributed by atoms with E-state index in [1.807, 2.05) is 44.7 Å². The van der Waals surface area contributed by atoms with Crippen molar-refractivity contribution in [1.29, 1.82) is 0 Å². The maximum atomic E-state index is 11.4. The van der Waals surface area contributed by atoms with Crippen molar-refractivity contribution in [2.24, 2.45) is 0 Å². The van der Waals surface area contributed by atoms with Crippen LogP contribution < -0.4 is 10.6 Å². The summed E-state index contributed by atoms with van der Waals surface area (Å²) in [6, 6.07) is 0.619. The molecule has 1 heterocycles. The summed E-state index contributed by atoms with van der Waals surface area (Å²) in [7, 11) is 0. The van der Waals surface area contributed by atoms with Gasteiger partial charge in [-0.05, 0) is 32.9 Å². The molecule has 2 N–H and O–H groups in total. The Morgan fingerprint density at radius 2 is 2.05 bits per heavy atom. The molecule has 4 nitrogen and oxygen atoms in total. The molecular weight excluding hydrogens is 260 g/mol. The average Bonchev–Trinajstić information content (AvgIpc) is 2.67. The third-order valence-corrected chi connectivity index (χ3v) is 4.13. The molecule has 0 aromatic rings. The van der Waals surface area contributed by atoms with Gasteiger partial charge in [0.1, 0.15) is 5.60 Å². The van der Waals surface area contributed by atoms with E-state index >= 15 is 0 Å². The van der Waals surface area contributed by atoms with Crippen LogP contribution in [0.2, 0.25) is 0 Å². The van der Waals surface area contributed by atoms with Gasteiger partial charge in [0, 0.05) is 24.4 Å². The molecule has 2 unspecified atom stereocenters. The van der Waals surface area contributed by atoms with Gasteiger partial charge in [-0.25, -0.2) is 4.79 Å². The molecule has 1 rings (SSSR count). The number of nitrogens with one attached hydrogen (secondary N) is 2. The molecule has 1 amide bonds. The van der Waals surface area contributed by atoms with Crippen LogP contribution in [0.4, 0.5) is 4.79 Å². The van der Waals surface area contributed by atoms with Crippen LogP contribution in [0.1, 0.15) is 34.1 Å². The fraction of sp³-hybridized carbons (Fsp3) is 0.786. The van der Waals surface area contributed by atoms with E-state index in [2.05, 4.69) is 17.6 Å². The van der Waals surface area contributed by atoms with Crippen LogP contribution in [-0.2, 0) is 4.74 Å². The Labute approximate surface area is 120 Å². The van der Waals surface area contributed by atoms with Crippen LogP contribution >= 0.6 is 11.8 Å². The van der Waals surface area contributed by atoms with Gasteiger partial charge in [0.15, 0.2) is 0 Å². The number of amides is 1. The highest BCUT2D eigenvalue weighted by atomic mass is 32.2. The monoisotopic (exact) mass is 286 g/mol. The highest BCUT2D eigenvalue weighted by Crippen LogP contribution is 2.25. The van der Waals surface area contributed by atoms with Gasteiger partial charge in [0.05, 0.1) is 0 Å². The summed E-state index contributed by atoms with van der Waals surface area (Å²) >= 11 is 2.02. The lowest BCUT2D eigenvalue weighted by molar-refractivity contribution is 0.0534. The number of rotatable bonds is 5. The van der Waals surface area contributed by atoms with Crippen LogP contribution in [0.3, 0.4) is 0 Å². The summed E-state index contributed by atoms with van der Waals surface area (Å²) in [5.41, 5.74) is -0.439. The first-order chi connectivity index (χ1) is 8.88. The summed E-state index contributed by atoms with van der Waals surface area (Å²) in [5.74, 6) is 1.25. The number of carbonyl (C=O) groups is 1. The van der Waals surface area contributed by atoms with E-state index in [1.165, 1.54) is 12.2 Å². The second-order valence-electron chi connectivity index (χ2n) is 5.73. The second kappa shape index (κ2) is 7.80. The van der Waals surface area contributed by atoms with Gasteiger partial charge in [0.25, 0.3) is 0 Å². The SMILES string of the molecule is CC1SCCC1NC/C=C/CNC(=O)OC(C)(C)C. The molecule has 0 saturated carbocycles. The van der Waals surface area contributed by atoms with Gasteiger partial charge < -0.3 is 15.4 Å². The first-order valence-corrected chi connectivity index (χ1v) is 7.90. The molecule has 1 fully saturated rings. The van der Waals surface area contributed by atoms with Gasteiger partial charge in [-0.1, -0.05) is 19.1 Å². The largest absolute Gasteiger partial charge is 0.444 e. The van der Waals surface area contributed by atoms with Crippen molar-refractivity contribution in [1.82, 2.24) is 10.6 Å². The number of alkyl carbamates (subject to hydrolysis) is 1. The standard InChI is InChI=1S/C14H26N2O2S/c1-11-12(7-10-19-11)15-8-5-6-9-16-13(17)18-14(2,3)4/h5-6,11-12,15H,7-10H2,1-4H3,(H,16,17)/b6-5+. The first-order valence-electron chi connectivity index (χ1n) is 6.85. The molecule has 0 spiro atoms. The van der Waals surface area contributed by atoms with Crippen molar-refractivity contribution in [3.8, 4) is 0 Å². The minimum Gasteiger partial charge on any atom is -0.444 e. The third kappa shape index (κ3) is 7.47. The van der Waals surface area contributed by atoms with Crippen molar-refractivity contribution < 1.29 is 9.53 Å². The fourth-order valence-electron chi connectivity index (χ4n) is 1.84. The van der Waals surface area contributed by atoms with Gasteiger partial charge in [-0.2, -0.15) is 11.8 Å². The number of thioether (sulfide) groups is 1. The number of hydrogen-bond acceptors (Lipinski definition) is 4. The Balaban J connectivity index is 2.06. The maximum absolute atomic E-state index is 11.4. The van der Waals surface area contributed by atoms with Crippen molar-refractivity contribution in [2.45, 2.75) is 51.0 Å². The molecule has 110 valence electrons. The van der Waals surface area contributed by atoms with E-state index in [4.69, 9.17) is 4.74 Å². The fourth-order valence-corrected chi connectivity index (χ4v) is 3.07. The normalized spacial score (nSPS) is 23.8. The molecule has 1 aliphatic rings. The van der Waals surface area contributed by atoms with E-state index in [-0.39, 0.29) is 6.09 Å². The lowest BCUT2D eigenvalue weighted by Crippen LogP contribution is -2.34. The molecule has 0 radical (unpaired) electrons. The zero-order valence-corrected chi connectivity index (χ0v) is 13.2. The molecule has 1 aliphatic heterocycles. The number of ether oxygens (including phenoxy) is 1. The summed E-state index contributed by atoms with van der Waals surface area (Å²) in [5, 5.41) is 6.90. The lowest BCUT2D eigenvalue weighted by Gasteiger charge is -2.19. The molecular formula is C14H26N2O2S. The predicted octanol–water partition coefficient (Wildman–Crippen LogP) is 2.55. The minimum absolute atomic E-state index is 0.370. The van der Waals surface area contributed by atoms with E-state index in [1.54, 1.807) is 0 Å². The minimum atomic E-state index is -0.439. The Morgan fingerprint density at radius 1 is 1.37 bits per heavy atom. The molecule has 0 aromatic heterocycles. The summed E-state index contributed by atoms with van der Waals surface area (Å²) in [6.45, 7) is 9.19. The highest BCUT2D eigenvalue weighted by molar-refractivity contribution is 8.00. The zero-order valence-electron chi connectivity index (χ0n) is 12.4. The van der Waals surface area contributed by atoms with Gasteiger partial charge >= 0.3 is 6.09 Å². The first kappa shape index (κ1) is 16.4. The van der Waals surface area contributed by atoms with Crippen LogP contribution in [0.15, 0.2) is 12.2 Å². The van der Waals surface area contributed by atoms with Crippen molar-refractivity contribution in [2.75, 3.05) is 18.8 Å². The molecule has 0 aliphatic carbocycles. The van der Waals surface area contributed by atoms with E-state index in [0.29, 0.717) is 17.8 Å². The quantitative estimate of drug-likeness (QED) is 0.763. The number of hydrogen-bond donors (Lipinski definition) is 2. The van der Waals surface area contributed by atoms with Gasteiger partial charge in [-0.15, -0.1) is 0 Å². The second-order valence-corrected chi connectivity index (χ2v) is 7.22. The zero-order chi connectivity index (χ0) is 14.3. The van der Waals surface area contributed by atoms with E-state index in [0.717, 1.165) is 6.54 Å². The van der Waals surface area contributed by atoms with E-state index < -0.39 is 5.60 Å². The highest BCUT2D eigenvalue weighted by Gasteiger charge is 2.22. The molecule has 2 atom stereocenters. The van der Waals surface area contributed by atoms with Crippen LogP contribution in [-0.4, -0.2) is 41.8 Å². The van der Waals surface area contributed by atoms with Crippen LogP contribution in [0.25, 0.3) is 0 Å². The Hall–Kier alpha value is -0.680. The van der Waals surface area contributed by atoms with Crippen molar-refractivity contribution >= 4 is 17.9 Å². The topological polar surface area (TPSA) is 50.4 Å². The van der Waals surface area contributed by atoms with Gasteiger partial charge in [0.2, 0.25) is 0 Å². The van der Waals surface area contributed by atoms with Crippen molar-refractivity contribution in [3.63, 3.8) is 0 Å². The molecule has 0 aromatic carbocycles. The maximum Gasteiger partial charge on any atom is 0.407 e. The number of carbonyl (C=O) groups excluding carboxylic acids is 1. The Kier molecular flexibility index (Phi) is 6.72. The molecule has 19 heavy (non-hydrogen) atoms. The third-order valence-electron chi connectivity index (χ3n) is 2.80. The average molecular weight is 286 g/mol. The van der Waals surface area contributed by atoms with Crippen molar-refractivity contribution in [3.05, 3.63) is 12.2 Å². The predicted molar refractivity (Wildman–Crippen MR) is 81.7 cm³/mol. The smallest absolute Gasteiger partial charge is 0.407 e. The molecule has 0 bridgehead atoms. The Bertz CT molecular complexity index is 313. The lowest BCUT2D eigenvalue weighted by atomic mass is 10.2. The van der Waals surface area contributed by atoms with E-state index in [9.17, 15) is 4.79 Å². The summed E-state index contributed by atoms with van der Waals surface area (Å²) < 4.78 is 5.14.